The Morgan fingerprint density at radius 1 is 0.964 bits per heavy atom. The Morgan fingerprint density at radius 2 is 1.39 bits per heavy atom. The summed E-state index contributed by atoms with van der Waals surface area (Å²) in [5, 5.41) is 3.68. The molecule has 0 saturated carbocycles. The Labute approximate surface area is 151 Å². The Kier molecular flexibility index (Phi) is 6.00. The van der Waals surface area contributed by atoms with Gasteiger partial charge in [-0.25, -0.2) is 22.1 Å². The number of hydrogen-bond donors (Lipinski definition) is 0. The van der Waals surface area contributed by atoms with Crippen LogP contribution in [0.25, 0.3) is 5.69 Å². The molecule has 28 heavy (non-hydrogen) atoms. The van der Waals surface area contributed by atoms with Crippen LogP contribution in [0.2, 0.25) is 0 Å². The van der Waals surface area contributed by atoms with Crippen LogP contribution in [0.4, 0.5) is 43.6 Å². The van der Waals surface area contributed by atoms with Crippen molar-refractivity contribution in [2.24, 2.45) is 5.92 Å². The topological polar surface area (TPSA) is 21.7 Å². The van der Waals surface area contributed by atoms with Gasteiger partial charge >= 0.3 is 13.1 Å². The zero-order valence-electron chi connectivity index (χ0n) is 14.2. The zero-order chi connectivity index (χ0) is 21.5. The lowest BCUT2D eigenvalue weighted by Gasteiger charge is -2.12. The van der Waals surface area contributed by atoms with Gasteiger partial charge < -0.3 is 17.3 Å². The quantitative estimate of drug-likeness (QED) is 0.224. The van der Waals surface area contributed by atoms with Crippen LogP contribution < -0.4 is 4.57 Å². The molecule has 1 aliphatic heterocycles. The van der Waals surface area contributed by atoms with E-state index in [4.69, 9.17) is 0 Å². The number of rotatable bonds is 2. The number of aromatic nitrogens is 3. The highest BCUT2D eigenvalue weighted by atomic mass is 19.5. The number of benzene rings is 1. The Hall–Kier alpha value is -2.28. The zero-order valence-corrected chi connectivity index (χ0v) is 14.2. The maximum absolute atomic E-state index is 14.0. The van der Waals surface area contributed by atoms with E-state index in [-0.39, 0.29) is 24.2 Å². The van der Waals surface area contributed by atoms with Crippen molar-refractivity contribution >= 4 is 7.25 Å². The van der Waals surface area contributed by atoms with Gasteiger partial charge in [-0.15, -0.1) is 0 Å². The highest BCUT2D eigenvalue weighted by Gasteiger charge is 2.43. The predicted molar refractivity (Wildman–Crippen MR) is 76.1 cm³/mol. The van der Waals surface area contributed by atoms with Crippen LogP contribution in [0.3, 0.4) is 0 Å². The van der Waals surface area contributed by atoms with E-state index in [9.17, 15) is 43.6 Å². The van der Waals surface area contributed by atoms with Gasteiger partial charge in [-0.05, 0) is 5.92 Å². The van der Waals surface area contributed by atoms with Gasteiger partial charge in [-0.1, -0.05) is 18.5 Å². The lowest BCUT2D eigenvalue weighted by molar-refractivity contribution is -0.723. The fraction of sp³-hybridized carbons (Fsp3) is 0.429. The molecule has 0 N–H and O–H groups in total. The lowest BCUT2D eigenvalue weighted by atomic mass is 10.0. The standard InChI is InChI=1S/C14H12F6N3.BF4/c1-5(2)7-3-6(15)14-21-23(4-22(7)14)13-11(19)9(17)8(16)10(18)12(13)20;2-1(3,4)5/h4-7H,3H2,1-2H3;/q+1;-1/t6-,7+;/m0./s1. The van der Waals surface area contributed by atoms with Gasteiger partial charge in [0.15, 0.2) is 6.17 Å². The summed E-state index contributed by atoms with van der Waals surface area (Å²) < 4.78 is 122. The van der Waals surface area contributed by atoms with Crippen molar-refractivity contribution in [3.8, 4) is 5.69 Å². The molecule has 1 aliphatic rings. The minimum absolute atomic E-state index is 0.00790. The van der Waals surface area contributed by atoms with Crippen molar-refractivity contribution in [3.05, 3.63) is 41.2 Å². The first kappa shape index (κ1) is 22.0. The average Bonchev–Trinajstić information content (AvgIpc) is 3.10. The fourth-order valence-corrected chi connectivity index (χ4v) is 2.77. The normalized spacial score (nSPS) is 18.9. The third-order valence-electron chi connectivity index (χ3n) is 3.98. The van der Waals surface area contributed by atoms with Crippen LogP contribution >= 0.6 is 0 Å². The van der Waals surface area contributed by atoms with Crippen LogP contribution in [0.5, 0.6) is 0 Å². The van der Waals surface area contributed by atoms with Crippen molar-refractivity contribution in [3.63, 3.8) is 0 Å². The van der Waals surface area contributed by atoms with Crippen molar-refractivity contribution in [1.29, 1.82) is 0 Å². The van der Waals surface area contributed by atoms with Gasteiger partial charge in [0.05, 0.1) is 6.04 Å². The summed E-state index contributed by atoms with van der Waals surface area (Å²) in [5.41, 5.74) is -1.22. The monoisotopic (exact) mass is 423 g/mol. The molecule has 0 radical (unpaired) electrons. The van der Waals surface area contributed by atoms with E-state index in [0.29, 0.717) is 4.68 Å². The van der Waals surface area contributed by atoms with E-state index in [0.717, 1.165) is 6.33 Å². The number of fused-ring (bicyclic) bond motifs is 1. The molecule has 0 spiro atoms. The molecule has 2 aromatic rings. The van der Waals surface area contributed by atoms with Gasteiger partial charge in [-0.3, -0.25) is 0 Å². The molecule has 3 nitrogen and oxygen atoms in total. The predicted octanol–water partition coefficient (Wildman–Crippen LogP) is 4.77. The number of alkyl halides is 1. The van der Waals surface area contributed by atoms with E-state index < -0.39 is 48.2 Å². The van der Waals surface area contributed by atoms with E-state index in [1.54, 1.807) is 0 Å². The molecule has 0 amide bonds. The lowest BCUT2D eigenvalue weighted by Crippen LogP contribution is -2.39. The fourth-order valence-electron chi connectivity index (χ4n) is 2.77. The summed E-state index contributed by atoms with van der Waals surface area (Å²) in [4.78, 5) is 0. The molecule has 0 unspecified atom stereocenters. The molecule has 1 aromatic heterocycles. The summed E-state index contributed by atoms with van der Waals surface area (Å²) in [6.45, 7) is 3.66. The third kappa shape index (κ3) is 4.24. The van der Waals surface area contributed by atoms with Crippen LogP contribution in [0, 0.1) is 35.0 Å². The molecule has 1 aromatic carbocycles. The van der Waals surface area contributed by atoms with Gasteiger partial charge in [0.1, 0.15) is 0 Å². The molecular formula is C14H12BF10N3. The van der Waals surface area contributed by atoms with Crippen LogP contribution in [0.15, 0.2) is 6.33 Å². The summed E-state index contributed by atoms with van der Waals surface area (Å²) in [6, 6.07) is -0.310. The SMILES string of the molecule is CC(C)[C@H]1C[C@H](F)c2nn(-c3c(F)c(F)c(F)c(F)c3F)c[n+]21.F[B-](F)(F)F. The second kappa shape index (κ2) is 7.62. The smallest absolute Gasteiger partial charge is 0.418 e. The summed E-state index contributed by atoms with van der Waals surface area (Å²) in [6.07, 6.45) is -0.264. The maximum Gasteiger partial charge on any atom is 0.673 e. The first-order valence-corrected chi connectivity index (χ1v) is 7.77. The highest BCUT2D eigenvalue weighted by molar-refractivity contribution is 6.50. The number of nitrogens with zero attached hydrogens (tertiary/aromatic N) is 3. The third-order valence-corrected chi connectivity index (χ3v) is 3.98. The van der Waals surface area contributed by atoms with Crippen molar-refractivity contribution in [2.75, 3.05) is 0 Å². The van der Waals surface area contributed by atoms with Crippen molar-refractivity contribution in [2.45, 2.75) is 32.5 Å². The van der Waals surface area contributed by atoms with E-state index in [2.05, 4.69) is 5.10 Å². The van der Waals surface area contributed by atoms with Crippen LogP contribution in [0.1, 0.15) is 38.3 Å². The number of hydrogen-bond acceptors (Lipinski definition) is 1. The molecule has 2 heterocycles. The molecule has 0 fully saturated rings. The Morgan fingerprint density at radius 3 is 1.82 bits per heavy atom. The van der Waals surface area contributed by atoms with Crippen molar-refractivity contribution in [1.82, 2.24) is 9.78 Å². The van der Waals surface area contributed by atoms with E-state index in [1.165, 1.54) is 4.57 Å². The van der Waals surface area contributed by atoms with Gasteiger partial charge in [0.2, 0.25) is 41.1 Å². The molecular weight excluding hydrogens is 411 g/mol. The van der Waals surface area contributed by atoms with Crippen LogP contribution in [-0.4, -0.2) is 17.0 Å². The minimum atomic E-state index is -6.00. The molecule has 3 rings (SSSR count). The molecule has 156 valence electrons. The Balaban J connectivity index is 0.000000500. The largest absolute Gasteiger partial charge is 0.673 e. The van der Waals surface area contributed by atoms with Crippen LogP contribution in [-0.2, 0) is 0 Å². The minimum Gasteiger partial charge on any atom is -0.418 e. The second-order valence-corrected chi connectivity index (χ2v) is 6.25. The summed E-state index contributed by atoms with van der Waals surface area (Å²) >= 11 is 0. The Bertz CT molecular complexity index is 844. The molecule has 2 atom stereocenters. The molecule has 14 heteroatoms. The van der Waals surface area contributed by atoms with E-state index in [1.807, 2.05) is 13.8 Å². The average molecular weight is 423 g/mol. The number of halogens is 10. The molecule has 0 aliphatic carbocycles. The molecule has 0 saturated heterocycles. The maximum atomic E-state index is 14.0. The first-order chi connectivity index (χ1) is 12.7. The van der Waals surface area contributed by atoms with E-state index >= 15 is 0 Å². The second-order valence-electron chi connectivity index (χ2n) is 6.25. The first-order valence-electron chi connectivity index (χ1n) is 7.77. The summed E-state index contributed by atoms with van der Waals surface area (Å²) in [7, 11) is -6.00. The summed E-state index contributed by atoms with van der Waals surface area (Å²) in [5.74, 6) is -10.5. The molecule has 0 bridgehead atoms. The highest BCUT2D eigenvalue weighted by Crippen LogP contribution is 2.34. The van der Waals surface area contributed by atoms with Gasteiger partial charge in [0.25, 0.3) is 0 Å². The van der Waals surface area contributed by atoms with Gasteiger partial charge in [-0.2, -0.15) is 8.78 Å². The van der Waals surface area contributed by atoms with Crippen molar-refractivity contribution < 1.29 is 48.2 Å². The van der Waals surface area contributed by atoms with Gasteiger partial charge in [0, 0.05) is 11.5 Å².